The molecule has 7 nitrogen and oxygen atoms in total. The molecular formula is C18H24N4O3. The molecule has 1 fully saturated rings. The summed E-state index contributed by atoms with van der Waals surface area (Å²) in [4.78, 5) is 30.9. The lowest BCUT2D eigenvalue weighted by molar-refractivity contribution is -0.121. The van der Waals surface area contributed by atoms with Gasteiger partial charge in [0, 0.05) is 32.6 Å². The van der Waals surface area contributed by atoms with Crippen LogP contribution in [0.2, 0.25) is 0 Å². The van der Waals surface area contributed by atoms with Crippen molar-refractivity contribution in [3.8, 4) is 0 Å². The largest absolute Gasteiger partial charge is 0.379 e. The van der Waals surface area contributed by atoms with Crippen LogP contribution in [-0.4, -0.2) is 59.8 Å². The van der Waals surface area contributed by atoms with Crippen molar-refractivity contribution >= 4 is 16.8 Å². The summed E-state index contributed by atoms with van der Waals surface area (Å²) in [5.74, 6) is -0.0398. The van der Waals surface area contributed by atoms with E-state index in [1.807, 2.05) is 18.2 Å². The summed E-state index contributed by atoms with van der Waals surface area (Å²) in [6.45, 7) is 5.48. The number of carbonyl (C=O) groups is 1. The predicted octanol–water partition coefficient (Wildman–Crippen LogP) is 0.625. The van der Waals surface area contributed by atoms with E-state index in [1.165, 1.54) is 10.9 Å². The molecule has 0 aliphatic carbocycles. The van der Waals surface area contributed by atoms with E-state index in [0.717, 1.165) is 39.3 Å². The summed E-state index contributed by atoms with van der Waals surface area (Å²) in [5, 5.41) is 3.50. The molecule has 0 radical (unpaired) electrons. The molecule has 0 saturated carbocycles. The number of hydrogen-bond acceptors (Lipinski definition) is 5. The molecule has 25 heavy (non-hydrogen) atoms. The van der Waals surface area contributed by atoms with E-state index in [0.29, 0.717) is 24.0 Å². The number of ether oxygens (including phenoxy) is 1. The Morgan fingerprint density at radius 1 is 1.20 bits per heavy atom. The van der Waals surface area contributed by atoms with Crippen molar-refractivity contribution < 1.29 is 9.53 Å². The van der Waals surface area contributed by atoms with Crippen LogP contribution in [0.4, 0.5) is 0 Å². The third-order valence-corrected chi connectivity index (χ3v) is 4.39. The Hall–Kier alpha value is -2.25. The lowest BCUT2D eigenvalue weighted by Gasteiger charge is -2.26. The van der Waals surface area contributed by atoms with Gasteiger partial charge in [-0.15, -0.1) is 0 Å². The number of aryl methyl sites for hydroxylation is 1. The van der Waals surface area contributed by atoms with Crippen LogP contribution in [0.3, 0.4) is 0 Å². The van der Waals surface area contributed by atoms with Crippen LogP contribution in [0, 0.1) is 0 Å². The molecule has 1 N–H and O–H groups in total. The summed E-state index contributed by atoms with van der Waals surface area (Å²) in [5.41, 5.74) is 0.571. The van der Waals surface area contributed by atoms with Crippen LogP contribution in [-0.2, 0) is 16.1 Å². The highest BCUT2D eigenvalue weighted by Crippen LogP contribution is 2.04. The molecule has 2 aromatic rings. The van der Waals surface area contributed by atoms with Gasteiger partial charge in [0.25, 0.3) is 5.56 Å². The molecule has 1 amide bonds. The SMILES string of the molecule is O=C(CCn1cnc2ccccc2c1=O)NCCCN1CCOCC1. The quantitative estimate of drug-likeness (QED) is 0.746. The second kappa shape index (κ2) is 8.73. The van der Waals surface area contributed by atoms with Crippen LogP contribution in [0.5, 0.6) is 0 Å². The zero-order chi connectivity index (χ0) is 17.5. The van der Waals surface area contributed by atoms with Gasteiger partial charge < -0.3 is 10.1 Å². The molecule has 0 atom stereocenters. The Balaban J connectivity index is 1.41. The summed E-state index contributed by atoms with van der Waals surface area (Å²) in [7, 11) is 0. The number of nitrogens with zero attached hydrogens (tertiary/aromatic N) is 3. The Morgan fingerprint density at radius 3 is 2.84 bits per heavy atom. The second-order valence-electron chi connectivity index (χ2n) is 6.17. The lowest BCUT2D eigenvalue weighted by atomic mass is 10.2. The summed E-state index contributed by atoms with van der Waals surface area (Å²) in [6, 6.07) is 7.23. The first-order valence-corrected chi connectivity index (χ1v) is 8.75. The van der Waals surface area contributed by atoms with Gasteiger partial charge in [-0.05, 0) is 25.1 Å². The molecular weight excluding hydrogens is 320 g/mol. The maximum Gasteiger partial charge on any atom is 0.261 e. The van der Waals surface area contributed by atoms with E-state index in [2.05, 4.69) is 15.2 Å². The molecule has 0 spiro atoms. The number of amides is 1. The summed E-state index contributed by atoms with van der Waals surface area (Å²) < 4.78 is 6.81. The normalized spacial score (nSPS) is 15.4. The van der Waals surface area contributed by atoms with Gasteiger partial charge in [0.05, 0.1) is 30.4 Å². The van der Waals surface area contributed by atoms with Gasteiger partial charge in [-0.1, -0.05) is 12.1 Å². The molecule has 1 aromatic carbocycles. The first-order chi connectivity index (χ1) is 12.2. The van der Waals surface area contributed by atoms with Crippen LogP contribution in [0.15, 0.2) is 35.4 Å². The van der Waals surface area contributed by atoms with Crippen LogP contribution < -0.4 is 10.9 Å². The van der Waals surface area contributed by atoms with E-state index < -0.39 is 0 Å². The monoisotopic (exact) mass is 344 g/mol. The van der Waals surface area contributed by atoms with Crippen molar-refractivity contribution in [2.45, 2.75) is 19.4 Å². The fourth-order valence-corrected chi connectivity index (χ4v) is 2.93. The van der Waals surface area contributed by atoms with Gasteiger partial charge in [0.1, 0.15) is 0 Å². The maximum atomic E-state index is 12.4. The molecule has 1 aliphatic heterocycles. The smallest absolute Gasteiger partial charge is 0.261 e. The van der Waals surface area contributed by atoms with E-state index in [1.54, 1.807) is 6.07 Å². The van der Waals surface area contributed by atoms with Gasteiger partial charge in [-0.2, -0.15) is 0 Å². The highest BCUT2D eigenvalue weighted by molar-refractivity contribution is 5.77. The van der Waals surface area contributed by atoms with E-state index in [-0.39, 0.29) is 17.9 Å². The van der Waals surface area contributed by atoms with Crippen LogP contribution in [0.25, 0.3) is 10.9 Å². The summed E-state index contributed by atoms with van der Waals surface area (Å²) >= 11 is 0. The number of hydrogen-bond donors (Lipinski definition) is 1. The van der Waals surface area contributed by atoms with Gasteiger partial charge in [0.15, 0.2) is 0 Å². The van der Waals surface area contributed by atoms with Gasteiger partial charge in [0.2, 0.25) is 5.91 Å². The topological polar surface area (TPSA) is 76.5 Å². The van der Waals surface area contributed by atoms with Crippen molar-refractivity contribution in [3.63, 3.8) is 0 Å². The van der Waals surface area contributed by atoms with Crippen LogP contribution in [0.1, 0.15) is 12.8 Å². The zero-order valence-electron chi connectivity index (χ0n) is 14.3. The third-order valence-electron chi connectivity index (χ3n) is 4.39. The maximum absolute atomic E-state index is 12.4. The number of aromatic nitrogens is 2. The number of nitrogens with one attached hydrogen (secondary N) is 1. The molecule has 3 rings (SSSR count). The number of rotatable bonds is 7. The minimum atomic E-state index is -0.106. The molecule has 1 aliphatic rings. The predicted molar refractivity (Wildman–Crippen MR) is 95.5 cm³/mol. The molecule has 1 saturated heterocycles. The average molecular weight is 344 g/mol. The lowest BCUT2D eigenvalue weighted by Crippen LogP contribution is -2.38. The number of fused-ring (bicyclic) bond motifs is 1. The Bertz CT molecular complexity index is 768. The van der Waals surface area contributed by atoms with Crippen molar-refractivity contribution in [3.05, 3.63) is 40.9 Å². The van der Waals surface area contributed by atoms with Gasteiger partial charge in [-0.3, -0.25) is 19.1 Å². The van der Waals surface area contributed by atoms with Gasteiger partial charge in [-0.25, -0.2) is 4.98 Å². The molecule has 7 heteroatoms. The number of para-hydroxylation sites is 1. The molecule has 2 heterocycles. The minimum absolute atomic E-state index is 0.0398. The van der Waals surface area contributed by atoms with Gasteiger partial charge >= 0.3 is 0 Å². The Morgan fingerprint density at radius 2 is 2.00 bits per heavy atom. The first kappa shape index (κ1) is 17.6. The second-order valence-corrected chi connectivity index (χ2v) is 6.17. The standard InChI is InChI=1S/C18H24N4O3/c23-17(19-7-3-8-21-10-12-25-13-11-21)6-9-22-14-20-16-5-2-1-4-15(16)18(22)24/h1-2,4-5,14H,3,6-13H2,(H,19,23). The highest BCUT2D eigenvalue weighted by Gasteiger charge is 2.10. The number of carbonyl (C=O) groups excluding carboxylic acids is 1. The molecule has 134 valence electrons. The van der Waals surface area contributed by atoms with E-state index in [4.69, 9.17) is 4.74 Å². The van der Waals surface area contributed by atoms with Crippen molar-refractivity contribution in [1.29, 1.82) is 0 Å². The van der Waals surface area contributed by atoms with E-state index in [9.17, 15) is 9.59 Å². The van der Waals surface area contributed by atoms with Crippen molar-refractivity contribution in [2.75, 3.05) is 39.4 Å². The average Bonchev–Trinajstić information content (AvgIpc) is 2.66. The van der Waals surface area contributed by atoms with Crippen molar-refractivity contribution in [1.82, 2.24) is 19.8 Å². The Labute approximate surface area is 146 Å². The number of morpholine rings is 1. The summed E-state index contributed by atoms with van der Waals surface area (Å²) in [6.07, 6.45) is 2.71. The molecule has 1 aromatic heterocycles. The molecule has 0 bridgehead atoms. The fourth-order valence-electron chi connectivity index (χ4n) is 2.93. The zero-order valence-corrected chi connectivity index (χ0v) is 14.3. The number of benzene rings is 1. The Kier molecular flexibility index (Phi) is 6.14. The fraction of sp³-hybridized carbons (Fsp3) is 0.500. The minimum Gasteiger partial charge on any atom is -0.379 e. The third kappa shape index (κ3) is 4.87. The highest BCUT2D eigenvalue weighted by atomic mass is 16.5. The first-order valence-electron chi connectivity index (χ1n) is 8.75. The van der Waals surface area contributed by atoms with Crippen molar-refractivity contribution in [2.24, 2.45) is 0 Å². The van der Waals surface area contributed by atoms with E-state index >= 15 is 0 Å². The molecule has 0 unspecified atom stereocenters. The van der Waals surface area contributed by atoms with Crippen LogP contribution >= 0.6 is 0 Å².